The van der Waals surface area contributed by atoms with Crippen LogP contribution in [0.3, 0.4) is 0 Å². The molecule has 0 aliphatic carbocycles. The molecule has 0 unspecified atom stereocenters. The zero-order valence-corrected chi connectivity index (χ0v) is 9.59. The summed E-state index contributed by atoms with van der Waals surface area (Å²) in [5.41, 5.74) is 2.40. The van der Waals surface area contributed by atoms with E-state index in [9.17, 15) is 4.79 Å². The Morgan fingerprint density at radius 3 is 2.94 bits per heavy atom. The standard InChI is InChI=1S/C12H13ClO3/c13-10-5-4-8-7-16-12(15)11(8)9(10)3-1-2-6-14/h4-5,14H,1-3,6-7H2. The molecular formula is C12H13ClO3. The van der Waals surface area contributed by atoms with Crippen molar-refractivity contribution in [2.45, 2.75) is 25.9 Å². The van der Waals surface area contributed by atoms with Crippen LogP contribution in [0.1, 0.15) is 34.3 Å². The topological polar surface area (TPSA) is 46.5 Å². The first-order valence-corrected chi connectivity index (χ1v) is 5.70. The summed E-state index contributed by atoms with van der Waals surface area (Å²) < 4.78 is 4.98. The fourth-order valence-electron chi connectivity index (χ4n) is 1.92. The number of aliphatic hydroxyl groups is 1. The number of cyclic esters (lactones) is 1. The molecule has 0 saturated heterocycles. The van der Waals surface area contributed by atoms with Crippen LogP contribution in [0.4, 0.5) is 0 Å². The van der Waals surface area contributed by atoms with Crippen LogP contribution in [0, 0.1) is 0 Å². The molecule has 0 fully saturated rings. The van der Waals surface area contributed by atoms with Gasteiger partial charge in [0.1, 0.15) is 6.61 Å². The Labute approximate surface area is 99.0 Å². The second-order valence-corrected chi connectivity index (χ2v) is 4.22. The quantitative estimate of drug-likeness (QED) is 0.649. The summed E-state index contributed by atoms with van der Waals surface area (Å²) in [7, 11) is 0. The fourth-order valence-corrected chi connectivity index (χ4v) is 2.17. The van der Waals surface area contributed by atoms with Crippen molar-refractivity contribution in [3.8, 4) is 0 Å². The summed E-state index contributed by atoms with van der Waals surface area (Å²) in [6.07, 6.45) is 2.24. The van der Waals surface area contributed by atoms with Crippen LogP contribution in [0.5, 0.6) is 0 Å². The lowest BCUT2D eigenvalue weighted by atomic mass is 9.98. The molecule has 1 N–H and O–H groups in total. The predicted molar refractivity (Wildman–Crippen MR) is 60.6 cm³/mol. The van der Waals surface area contributed by atoms with Gasteiger partial charge in [-0.1, -0.05) is 17.7 Å². The lowest BCUT2D eigenvalue weighted by Gasteiger charge is -2.07. The molecule has 0 spiro atoms. The normalized spacial score (nSPS) is 13.8. The van der Waals surface area contributed by atoms with Crippen molar-refractivity contribution in [1.29, 1.82) is 0 Å². The van der Waals surface area contributed by atoms with E-state index in [0.717, 1.165) is 24.0 Å². The highest BCUT2D eigenvalue weighted by molar-refractivity contribution is 6.32. The number of rotatable bonds is 4. The molecule has 1 aromatic carbocycles. The number of carbonyl (C=O) groups excluding carboxylic acids is 1. The number of esters is 1. The number of ether oxygens (including phenoxy) is 1. The summed E-state index contributed by atoms with van der Waals surface area (Å²) in [6, 6.07) is 3.63. The molecule has 4 heteroatoms. The van der Waals surface area contributed by atoms with Gasteiger partial charge in [-0.05, 0) is 30.9 Å². The lowest BCUT2D eigenvalue weighted by molar-refractivity contribution is 0.0534. The Bertz CT molecular complexity index is 415. The molecule has 1 aliphatic rings. The van der Waals surface area contributed by atoms with Crippen molar-refractivity contribution < 1.29 is 14.6 Å². The first kappa shape index (κ1) is 11.4. The average Bonchev–Trinajstić information content (AvgIpc) is 2.64. The highest BCUT2D eigenvalue weighted by atomic mass is 35.5. The Morgan fingerprint density at radius 2 is 2.19 bits per heavy atom. The minimum absolute atomic E-state index is 0.164. The van der Waals surface area contributed by atoms with Gasteiger partial charge < -0.3 is 9.84 Å². The van der Waals surface area contributed by atoms with Crippen LogP contribution in [-0.4, -0.2) is 17.7 Å². The van der Waals surface area contributed by atoms with E-state index in [1.165, 1.54) is 0 Å². The lowest BCUT2D eigenvalue weighted by Crippen LogP contribution is -2.02. The smallest absolute Gasteiger partial charge is 0.339 e. The van der Waals surface area contributed by atoms with Gasteiger partial charge in [0.05, 0.1) is 5.56 Å². The van der Waals surface area contributed by atoms with Gasteiger partial charge in [-0.15, -0.1) is 0 Å². The molecule has 1 heterocycles. The molecular weight excluding hydrogens is 228 g/mol. The minimum atomic E-state index is -0.281. The monoisotopic (exact) mass is 240 g/mol. The van der Waals surface area contributed by atoms with Gasteiger partial charge in [0, 0.05) is 17.2 Å². The van der Waals surface area contributed by atoms with E-state index < -0.39 is 0 Å². The van der Waals surface area contributed by atoms with Gasteiger partial charge in [0.25, 0.3) is 0 Å². The number of carbonyl (C=O) groups is 1. The third-order valence-electron chi connectivity index (χ3n) is 2.74. The first-order chi connectivity index (χ1) is 7.74. The zero-order valence-electron chi connectivity index (χ0n) is 8.83. The molecule has 16 heavy (non-hydrogen) atoms. The summed E-state index contributed by atoms with van der Waals surface area (Å²) in [5, 5.41) is 9.34. The number of hydrogen-bond acceptors (Lipinski definition) is 3. The Hall–Kier alpha value is -1.06. The number of aliphatic hydroxyl groups excluding tert-OH is 1. The number of halogens is 1. The summed E-state index contributed by atoms with van der Waals surface area (Å²) in [4.78, 5) is 11.5. The molecule has 0 atom stereocenters. The van der Waals surface area contributed by atoms with Gasteiger partial charge in [0.15, 0.2) is 0 Å². The summed E-state index contributed by atoms with van der Waals surface area (Å²) in [6.45, 7) is 0.509. The van der Waals surface area contributed by atoms with Gasteiger partial charge in [-0.2, -0.15) is 0 Å². The average molecular weight is 241 g/mol. The number of hydrogen-bond donors (Lipinski definition) is 1. The molecule has 1 aliphatic heterocycles. The van der Waals surface area contributed by atoms with E-state index in [1.54, 1.807) is 6.07 Å². The van der Waals surface area contributed by atoms with Gasteiger partial charge in [-0.3, -0.25) is 0 Å². The highest BCUT2D eigenvalue weighted by Crippen LogP contribution is 2.30. The molecule has 3 nitrogen and oxygen atoms in total. The fraction of sp³-hybridized carbons (Fsp3) is 0.417. The second kappa shape index (κ2) is 4.85. The van der Waals surface area contributed by atoms with E-state index in [2.05, 4.69) is 0 Å². The summed E-state index contributed by atoms with van der Waals surface area (Å²) >= 11 is 6.08. The largest absolute Gasteiger partial charge is 0.457 e. The van der Waals surface area contributed by atoms with Crippen molar-refractivity contribution in [2.24, 2.45) is 0 Å². The van der Waals surface area contributed by atoms with Gasteiger partial charge >= 0.3 is 5.97 Å². The summed E-state index contributed by atoms with van der Waals surface area (Å²) in [5.74, 6) is -0.281. The molecule has 0 saturated carbocycles. The van der Waals surface area contributed by atoms with Crippen molar-refractivity contribution >= 4 is 17.6 Å². The van der Waals surface area contributed by atoms with E-state index in [-0.39, 0.29) is 12.6 Å². The Balaban J connectivity index is 2.28. The van der Waals surface area contributed by atoms with Crippen molar-refractivity contribution in [1.82, 2.24) is 0 Å². The van der Waals surface area contributed by atoms with Crippen molar-refractivity contribution in [2.75, 3.05) is 6.61 Å². The SMILES string of the molecule is O=C1OCc2ccc(Cl)c(CCCCO)c21. The number of unbranched alkanes of at least 4 members (excludes halogenated alkanes) is 1. The molecule has 0 radical (unpaired) electrons. The third kappa shape index (κ3) is 2.06. The molecule has 0 bridgehead atoms. The third-order valence-corrected chi connectivity index (χ3v) is 3.09. The van der Waals surface area contributed by atoms with Crippen LogP contribution in [0.15, 0.2) is 12.1 Å². The van der Waals surface area contributed by atoms with Crippen LogP contribution < -0.4 is 0 Å². The zero-order chi connectivity index (χ0) is 11.5. The van der Waals surface area contributed by atoms with Gasteiger partial charge in [0.2, 0.25) is 0 Å². The van der Waals surface area contributed by atoms with Crippen LogP contribution >= 0.6 is 11.6 Å². The number of benzene rings is 1. The molecule has 2 rings (SSSR count). The van der Waals surface area contributed by atoms with E-state index in [4.69, 9.17) is 21.4 Å². The molecule has 86 valence electrons. The molecule has 0 aromatic heterocycles. The minimum Gasteiger partial charge on any atom is -0.457 e. The molecule has 1 aromatic rings. The van der Waals surface area contributed by atoms with Crippen LogP contribution in [0.25, 0.3) is 0 Å². The van der Waals surface area contributed by atoms with E-state index >= 15 is 0 Å². The Kier molecular flexibility index (Phi) is 3.46. The van der Waals surface area contributed by atoms with Crippen molar-refractivity contribution in [3.05, 3.63) is 33.8 Å². The predicted octanol–water partition coefficient (Wildman–Crippen LogP) is 2.33. The highest BCUT2D eigenvalue weighted by Gasteiger charge is 2.25. The molecule has 0 amide bonds. The van der Waals surface area contributed by atoms with Crippen LogP contribution in [0.2, 0.25) is 5.02 Å². The Morgan fingerprint density at radius 1 is 1.38 bits per heavy atom. The van der Waals surface area contributed by atoms with Crippen molar-refractivity contribution in [3.63, 3.8) is 0 Å². The van der Waals surface area contributed by atoms with Crippen LogP contribution in [-0.2, 0) is 17.8 Å². The van der Waals surface area contributed by atoms with E-state index in [0.29, 0.717) is 23.6 Å². The van der Waals surface area contributed by atoms with Gasteiger partial charge in [-0.25, -0.2) is 4.79 Å². The maximum absolute atomic E-state index is 11.5. The first-order valence-electron chi connectivity index (χ1n) is 5.32. The van der Waals surface area contributed by atoms with E-state index in [1.807, 2.05) is 6.07 Å². The maximum atomic E-state index is 11.5. The number of fused-ring (bicyclic) bond motifs is 1. The maximum Gasteiger partial charge on any atom is 0.339 e. The second-order valence-electron chi connectivity index (χ2n) is 3.82.